The highest BCUT2D eigenvalue weighted by molar-refractivity contribution is 6.30. The van der Waals surface area contributed by atoms with Crippen molar-refractivity contribution in [1.82, 2.24) is 0 Å². The van der Waals surface area contributed by atoms with Gasteiger partial charge in [-0.25, -0.2) is 0 Å². The molecule has 0 bridgehead atoms. The molecule has 1 unspecified atom stereocenters. The number of carbonyl (C=O) groups is 1. The number of ether oxygens (including phenoxy) is 1. The Morgan fingerprint density at radius 2 is 1.95 bits per heavy atom. The highest BCUT2D eigenvalue weighted by Gasteiger charge is 2.27. The van der Waals surface area contributed by atoms with E-state index in [1.54, 1.807) is 29.2 Å². The Hall–Kier alpha value is -2.04. The molecule has 2 aromatic rings. The molecule has 1 N–H and O–H groups in total. The van der Waals surface area contributed by atoms with E-state index in [9.17, 15) is 9.90 Å². The number of halogens is 1. The quantitative estimate of drug-likeness (QED) is 0.946. The molecule has 4 nitrogen and oxygen atoms in total. The smallest absolute Gasteiger partial charge is 0.264 e. The molecule has 1 heterocycles. The van der Waals surface area contributed by atoms with Crippen LogP contribution in [0.1, 0.15) is 18.1 Å². The monoisotopic (exact) mass is 317 g/mol. The number of benzene rings is 2. The van der Waals surface area contributed by atoms with Crippen LogP contribution in [0.5, 0.6) is 5.75 Å². The molecular formula is C17H16ClNO3. The van der Waals surface area contributed by atoms with Crippen molar-refractivity contribution in [3.8, 4) is 5.75 Å². The molecule has 1 amide bonds. The zero-order valence-corrected chi connectivity index (χ0v) is 12.7. The van der Waals surface area contributed by atoms with Gasteiger partial charge in [0, 0.05) is 22.8 Å². The van der Waals surface area contributed by atoms with Crippen LogP contribution in [0.15, 0.2) is 48.5 Å². The van der Waals surface area contributed by atoms with E-state index in [0.29, 0.717) is 23.7 Å². The summed E-state index contributed by atoms with van der Waals surface area (Å²) in [6, 6.07) is 14.3. The Morgan fingerprint density at radius 1 is 1.23 bits per heavy atom. The predicted octanol–water partition coefficient (Wildman–Crippen LogP) is 3.19. The van der Waals surface area contributed by atoms with E-state index < -0.39 is 6.10 Å². The van der Waals surface area contributed by atoms with Crippen molar-refractivity contribution >= 4 is 23.2 Å². The fourth-order valence-electron chi connectivity index (χ4n) is 2.56. The summed E-state index contributed by atoms with van der Waals surface area (Å²) in [5.41, 5.74) is 1.54. The van der Waals surface area contributed by atoms with Crippen molar-refractivity contribution in [2.24, 2.45) is 0 Å². The molecule has 0 saturated heterocycles. The molecule has 0 radical (unpaired) electrons. The van der Waals surface area contributed by atoms with Gasteiger partial charge < -0.3 is 14.7 Å². The van der Waals surface area contributed by atoms with Crippen LogP contribution in [0.4, 0.5) is 5.69 Å². The average Bonchev–Trinajstić information content (AvgIpc) is 2.55. The lowest BCUT2D eigenvalue weighted by molar-refractivity contribution is -0.120. The molecule has 3 rings (SSSR count). The van der Waals surface area contributed by atoms with Crippen LogP contribution in [-0.4, -0.2) is 24.2 Å². The van der Waals surface area contributed by atoms with Crippen LogP contribution >= 0.6 is 11.6 Å². The summed E-state index contributed by atoms with van der Waals surface area (Å²) in [6.07, 6.45) is 0.0152. The minimum absolute atomic E-state index is 0.0495. The fraction of sp³-hybridized carbons (Fsp3) is 0.235. The van der Waals surface area contributed by atoms with Crippen LogP contribution < -0.4 is 9.64 Å². The summed E-state index contributed by atoms with van der Waals surface area (Å²) >= 11 is 5.81. The molecular weight excluding hydrogens is 302 g/mol. The van der Waals surface area contributed by atoms with Gasteiger partial charge in [-0.3, -0.25) is 4.79 Å². The van der Waals surface area contributed by atoms with Crippen molar-refractivity contribution in [2.45, 2.75) is 12.5 Å². The van der Waals surface area contributed by atoms with Gasteiger partial charge in [0.25, 0.3) is 5.91 Å². The maximum Gasteiger partial charge on any atom is 0.264 e. The summed E-state index contributed by atoms with van der Waals surface area (Å²) in [6.45, 7) is 0.438. The number of hydrogen-bond donors (Lipinski definition) is 1. The number of rotatable bonds is 3. The van der Waals surface area contributed by atoms with E-state index in [-0.39, 0.29) is 12.5 Å². The highest BCUT2D eigenvalue weighted by Crippen LogP contribution is 2.33. The number of fused-ring (bicyclic) bond motifs is 1. The van der Waals surface area contributed by atoms with E-state index in [2.05, 4.69) is 0 Å². The predicted molar refractivity (Wildman–Crippen MR) is 85.3 cm³/mol. The third-order valence-electron chi connectivity index (χ3n) is 3.69. The summed E-state index contributed by atoms with van der Waals surface area (Å²) in [5.74, 6) is 0.470. The molecule has 1 aliphatic heterocycles. The minimum Gasteiger partial charge on any atom is -0.484 e. The molecule has 1 aliphatic rings. The Labute approximate surface area is 133 Å². The topological polar surface area (TPSA) is 49.8 Å². The number of carbonyl (C=O) groups excluding carboxylic acids is 1. The van der Waals surface area contributed by atoms with Crippen LogP contribution in [0.25, 0.3) is 0 Å². The van der Waals surface area contributed by atoms with Crippen molar-refractivity contribution in [3.63, 3.8) is 0 Å². The Balaban J connectivity index is 1.70. The number of para-hydroxylation sites is 1. The second-order valence-electron chi connectivity index (χ2n) is 5.15. The lowest BCUT2D eigenvalue weighted by Crippen LogP contribution is -2.39. The Bertz CT molecular complexity index is 672. The Morgan fingerprint density at radius 3 is 2.73 bits per heavy atom. The molecule has 1 atom stereocenters. The molecule has 22 heavy (non-hydrogen) atoms. The minimum atomic E-state index is -0.516. The van der Waals surface area contributed by atoms with Gasteiger partial charge in [-0.2, -0.15) is 0 Å². The van der Waals surface area contributed by atoms with Gasteiger partial charge in [0.1, 0.15) is 5.75 Å². The van der Waals surface area contributed by atoms with Gasteiger partial charge in [-0.1, -0.05) is 29.8 Å². The summed E-state index contributed by atoms with van der Waals surface area (Å²) in [5, 5.41) is 10.6. The summed E-state index contributed by atoms with van der Waals surface area (Å²) in [4.78, 5) is 14.1. The second kappa shape index (κ2) is 6.38. The Kier molecular flexibility index (Phi) is 4.32. The fourth-order valence-corrected chi connectivity index (χ4v) is 2.68. The van der Waals surface area contributed by atoms with E-state index in [4.69, 9.17) is 16.3 Å². The molecule has 2 aromatic carbocycles. The number of anilines is 1. The van der Waals surface area contributed by atoms with E-state index in [0.717, 1.165) is 11.3 Å². The van der Waals surface area contributed by atoms with E-state index in [1.165, 1.54) is 0 Å². The van der Waals surface area contributed by atoms with Crippen molar-refractivity contribution in [3.05, 3.63) is 59.1 Å². The largest absolute Gasteiger partial charge is 0.484 e. The van der Waals surface area contributed by atoms with Crippen molar-refractivity contribution in [1.29, 1.82) is 0 Å². The summed E-state index contributed by atoms with van der Waals surface area (Å²) < 4.78 is 5.51. The van der Waals surface area contributed by atoms with Crippen molar-refractivity contribution in [2.75, 3.05) is 18.1 Å². The van der Waals surface area contributed by atoms with Gasteiger partial charge in [0.15, 0.2) is 6.61 Å². The third-order valence-corrected chi connectivity index (χ3v) is 3.94. The molecule has 114 valence electrons. The zero-order chi connectivity index (χ0) is 15.5. The lowest BCUT2D eigenvalue weighted by Gasteiger charge is -2.32. The third kappa shape index (κ3) is 3.08. The number of aliphatic hydroxyl groups excluding tert-OH is 1. The van der Waals surface area contributed by atoms with Crippen molar-refractivity contribution < 1.29 is 14.6 Å². The van der Waals surface area contributed by atoms with Crippen LogP contribution in [0.2, 0.25) is 5.02 Å². The van der Waals surface area contributed by atoms with E-state index >= 15 is 0 Å². The van der Waals surface area contributed by atoms with Crippen LogP contribution in [-0.2, 0) is 4.79 Å². The molecule has 0 aliphatic carbocycles. The second-order valence-corrected chi connectivity index (χ2v) is 5.59. The molecule has 0 fully saturated rings. The van der Waals surface area contributed by atoms with Gasteiger partial charge >= 0.3 is 0 Å². The summed E-state index contributed by atoms with van der Waals surface area (Å²) in [7, 11) is 0. The van der Waals surface area contributed by atoms with Gasteiger partial charge in [0.2, 0.25) is 0 Å². The first-order valence-electron chi connectivity index (χ1n) is 7.11. The SMILES string of the molecule is O=C(COc1ccc(Cl)cc1)N1CCC(O)c2ccccc21. The molecule has 0 saturated carbocycles. The maximum atomic E-state index is 12.4. The lowest BCUT2D eigenvalue weighted by atomic mass is 9.99. The maximum absolute atomic E-state index is 12.4. The van der Waals surface area contributed by atoms with Crippen LogP contribution in [0, 0.1) is 0 Å². The number of aliphatic hydroxyl groups is 1. The first-order valence-corrected chi connectivity index (χ1v) is 7.48. The number of nitrogens with zero attached hydrogens (tertiary/aromatic N) is 1. The molecule has 0 spiro atoms. The molecule has 0 aromatic heterocycles. The highest BCUT2D eigenvalue weighted by atomic mass is 35.5. The standard InChI is InChI=1S/C17H16ClNO3/c18-12-5-7-13(8-6-12)22-11-17(21)19-10-9-16(20)14-3-1-2-4-15(14)19/h1-8,16,20H,9-11H2. The van der Waals surface area contributed by atoms with Gasteiger partial charge in [-0.15, -0.1) is 0 Å². The van der Waals surface area contributed by atoms with Gasteiger partial charge in [-0.05, 0) is 36.8 Å². The van der Waals surface area contributed by atoms with E-state index in [1.807, 2.05) is 24.3 Å². The molecule has 5 heteroatoms. The van der Waals surface area contributed by atoms with Crippen LogP contribution in [0.3, 0.4) is 0 Å². The number of hydrogen-bond acceptors (Lipinski definition) is 3. The first-order chi connectivity index (χ1) is 10.6. The average molecular weight is 318 g/mol. The normalized spacial score (nSPS) is 17.0. The van der Waals surface area contributed by atoms with Gasteiger partial charge in [0.05, 0.1) is 6.10 Å². The number of amides is 1. The zero-order valence-electron chi connectivity index (χ0n) is 11.9. The first kappa shape index (κ1) is 14.9.